The lowest BCUT2D eigenvalue weighted by Gasteiger charge is -2.35. The fourth-order valence-corrected chi connectivity index (χ4v) is 3.18. The fraction of sp³-hybridized carbons (Fsp3) is 0.857. The lowest BCUT2D eigenvalue weighted by molar-refractivity contribution is -0.150. The molecule has 0 aliphatic carbocycles. The van der Waals surface area contributed by atoms with Gasteiger partial charge in [0.15, 0.2) is 6.10 Å². The van der Waals surface area contributed by atoms with Gasteiger partial charge in [0.2, 0.25) is 5.91 Å². The molecule has 0 saturated carbocycles. The molecule has 2 saturated heterocycles. The minimum absolute atomic E-state index is 0.0952. The van der Waals surface area contributed by atoms with E-state index in [2.05, 4.69) is 20.3 Å². The Hall–Kier alpha value is -1.18. The van der Waals surface area contributed by atoms with Crippen LogP contribution in [0.1, 0.15) is 25.7 Å². The Morgan fingerprint density at radius 3 is 2.76 bits per heavy atom. The molecule has 2 unspecified atom stereocenters. The van der Waals surface area contributed by atoms with Crippen molar-refractivity contribution >= 4 is 11.9 Å². The summed E-state index contributed by atoms with van der Waals surface area (Å²) in [5.41, 5.74) is 0. The molecule has 2 aliphatic rings. The lowest BCUT2D eigenvalue weighted by atomic mass is 10.0. The van der Waals surface area contributed by atoms with Crippen molar-refractivity contribution in [2.75, 3.05) is 33.3 Å². The van der Waals surface area contributed by atoms with Crippen LogP contribution >= 0.6 is 0 Å². The first-order chi connectivity index (χ1) is 10.1. The maximum absolute atomic E-state index is 12.3. The van der Waals surface area contributed by atoms with Crippen LogP contribution in [-0.2, 0) is 14.3 Å². The van der Waals surface area contributed by atoms with Crippen LogP contribution < -0.4 is 10.6 Å². The summed E-state index contributed by atoms with van der Waals surface area (Å²) in [6.07, 6.45) is 2.68. The Morgan fingerprint density at radius 2 is 2.10 bits per heavy atom. The highest BCUT2D eigenvalue weighted by atomic mass is 16.5. The molecule has 0 aromatic carbocycles. The topological polar surface area (TPSA) is 90.9 Å². The fourth-order valence-electron chi connectivity index (χ4n) is 3.18. The number of aliphatic hydroxyl groups is 1. The summed E-state index contributed by atoms with van der Waals surface area (Å²) < 4.78 is 4.43. The quantitative estimate of drug-likeness (QED) is 0.556. The van der Waals surface area contributed by atoms with Crippen molar-refractivity contribution in [2.24, 2.45) is 0 Å². The second-order valence-corrected chi connectivity index (χ2v) is 5.66. The van der Waals surface area contributed by atoms with Crippen molar-refractivity contribution in [3.63, 3.8) is 0 Å². The molecule has 3 N–H and O–H groups in total. The molecule has 0 bridgehead atoms. The number of piperidine rings is 1. The zero-order valence-corrected chi connectivity index (χ0v) is 12.5. The first kappa shape index (κ1) is 16.2. The van der Waals surface area contributed by atoms with E-state index in [4.69, 9.17) is 0 Å². The highest BCUT2D eigenvalue weighted by Crippen LogP contribution is 2.24. The highest BCUT2D eigenvalue weighted by Gasteiger charge is 2.35. The van der Waals surface area contributed by atoms with E-state index in [1.807, 2.05) is 0 Å². The van der Waals surface area contributed by atoms with Gasteiger partial charge in [0.25, 0.3) is 0 Å². The number of ether oxygens (including phenoxy) is 1. The molecular formula is C14H25N3O4. The van der Waals surface area contributed by atoms with Crippen LogP contribution in [0.5, 0.6) is 0 Å². The van der Waals surface area contributed by atoms with E-state index in [0.717, 1.165) is 45.3 Å². The van der Waals surface area contributed by atoms with E-state index < -0.39 is 12.1 Å². The minimum Gasteiger partial charge on any atom is -0.467 e. The number of amides is 1. The predicted molar refractivity (Wildman–Crippen MR) is 76.7 cm³/mol. The molecule has 2 fully saturated rings. The normalized spacial score (nSPS) is 25.5. The zero-order chi connectivity index (χ0) is 15.2. The molecule has 21 heavy (non-hydrogen) atoms. The Morgan fingerprint density at radius 1 is 1.38 bits per heavy atom. The van der Waals surface area contributed by atoms with Crippen LogP contribution in [-0.4, -0.2) is 73.4 Å². The van der Waals surface area contributed by atoms with Gasteiger partial charge in [0.05, 0.1) is 19.7 Å². The Labute approximate surface area is 125 Å². The molecule has 0 aromatic heterocycles. The van der Waals surface area contributed by atoms with Gasteiger partial charge in [0, 0.05) is 6.04 Å². The van der Waals surface area contributed by atoms with E-state index in [9.17, 15) is 14.7 Å². The highest BCUT2D eigenvalue weighted by molar-refractivity contribution is 5.83. The summed E-state index contributed by atoms with van der Waals surface area (Å²) in [7, 11) is 1.21. The van der Waals surface area contributed by atoms with Gasteiger partial charge < -0.3 is 20.5 Å². The third-order valence-corrected chi connectivity index (χ3v) is 4.32. The molecule has 2 heterocycles. The smallest absolute Gasteiger partial charge is 0.336 e. The predicted octanol–water partition coefficient (Wildman–Crippen LogP) is -1.15. The maximum atomic E-state index is 12.3. The Kier molecular flexibility index (Phi) is 5.96. The average Bonchev–Trinajstić information content (AvgIpc) is 3.01. The van der Waals surface area contributed by atoms with E-state index in [1.54, 1.807) is 0 Å². The van der Waals surface area contributed by atoms with Crippen LogP contribution in [0.15, 0.2) is 0 Å². The van der Waals surface area contributed by atoms with Gasteiger partial charge in [-0.15, -0.1) is 0 Å². The molecule has 0 spiro atoms. The number of rotatable bonds is 5. The van der Waals surface area contributed by atoms with Gasteiger partial charge >= 0.3 is 5.97 Å². The number of nitrogens with zero attached hydrogens (tertiary/aromatic N) is 1. The molecule has 1 amide bonds. The van der Waals surface area contributed by atoms with E-state index in [1.165, 1.54) is 7.11 Å². The van der Waals surface area contributed by atoms with Gasteiger partial charge in [-0.05, 0) is 45.3 Å². The molecular weight excluding hydrogens is 274 g/mol. The third kappa shape index (κ3) is 4.15. The summed E-state index contributed by atoms with van der Waals surface area (Å²) in [4.78, 5) is 25.7. The molecule has 2 aliphatic heterocycles. The first-order valence-electron chi connectivity index (χ1n) is 7.63. The monoisotopic (exact) mass is 299 g/mol. The average molecular weight is 299 g/mol. The molecule has 7 heteroatoms. The van der Waals surface area contributed by atoms with E-state index in [-0.39, 0.29) is 18.5 Å². The number of hydrogen-bond donors (Lipinski definition) is 3. The Bertz CT molecular complexity index is 371. The van der Waals surface area contributed by atoms with Crippen LogP contribution in [0, 0.1) is 0 Å². The van der Waals surface area contributed by atoms with Crippen molar-refractivity contribution in [3.05, 3.63) is 0 Å². The number of hydrogen-bond acceptors (Lipinski definition) is 6. The second-order valence-electron chi connectivity index (χ2n) is 5.66. The van der Waals surface area contributed by atoms with E-state index >= 15 is 0 Å². The number of esters is 1. The Balaban J connectivity index is 1.84. The first-order valence-corrected chi connectivity index (χ1v) is 7.63. The summed E-state index contributed by atoms with van der Waals surface area (Å²) in [5.74, 6) is -0.828. The van der Waals surface area contributed by atoms with Crippen molar-refractivity contribution in [2.45, 2.75) is 43.9 Å². The van der Waals surface area contributed by atoms with Crippen LogP contribution in [0.4, 0.5) is 0 Å². The number of carbonyl (C=O) groups is 2. The van der Waals surface area contributed by atoms with Crippen LogP contribution in [0.3, 0.4) is 0 Å². The molecule has 2 atom stereocenters. The molecule has 2 rings (SSSR count). The number of methoxy groups -OCH3 is 1. The number of likely N-dealkylation sites (tertiary alicyclic amines) is 1. The third-order valence-electron chi connectivity index (χ3n) is 4.32. The van der Waals surface area contributed by atoms with Crippen molar-refractivity contribution < 1.29 is 19.4 Å². The maximum Gasteiger partial charge on any atom is 0.336 e. The zero-order valence-electron chi connectivity index (χ0n) is 12.5. The van der Waals surface area contributed by atoms with Gasteiger partial charge in [0.1, 0.15) is 0 Å². The standard InChI is InChI=1S/C14H25N3O4/c1-21-14(20)12(18)9-16-13(19)11-3-2-8-17(11)10-4-6-15-7-5-10/h10-12,15,18H,2-9H2,1H3,(H,16,19). The molecule has 7 nitrogen and oxygen atoms in total. The van der Waals surface area contributed by atoms with E-state index in [0.29, 0.717) is 6.04 Å². The summed E-state index contributed by atoms with van der Waals surface area (Å²) in [6.45, 7) is 2.84. The lowest BCUT2D eigenvalue weighted by Crippen LogP contribution is -2.52. The van der Waals surface area contributed by atoms with Crippen LogP contribution in [0.2, 0.25) is 0 Å². The number of aliphatic hydroxyl groups excluding tert-OH is 1. The second kappa shape index (κ2) is 7.72. The summed E-state index contributed by atoms with van der Waals surface area (Å²) in [5, 5.41) is 15.5. The van der Waals surface area contributed by atoms with Crippen molar-refractivity contribution in [1.82, 2.24) is 15.5 Å². The number of carbonyl (C=O) groups excluding carboxylic acids is 2. The van der Waals surface area contributed by atoms with Crippen LogP contribution in [0.25, 0.3) is 0 Å². The molecule has 0 aromatic rings. The van der Waals surface area contributed by atoms with Gasteiger partial charge in [-0.3, -0.25) is 9.69 Å². The minimum atomic E-state index is -1.30. The van der Waals surface area contributed by atoms with Crippen molar-refractivity contribution in [1.29, 1.82) is 0 Å². The van der Waals surface area contributed by atoms with Gasteiger partial charge in [-0.2, -0.15) is 0 Å². The molecule has 120 valence electrons. The number of nitrogens with one attached hydrogen (secondary N) is 2. The summed E-state index contributed by atoms with van der Waals surface area (Å²) >= 11 is 0. The van der Waals surface area contributed by atoms with Gasteiger partial charge in [-0.25, -0.2) is 4.79 Å². The summed E-state index contributed by atoms with van der Waals surface area (Å²) in [6, 6.07) is 0.313. The van der Waals surface area contributed by atoms with Gasteiger partial charge in [-0.1, -0.05) is 0 Å². The largest absolute Gasteiger partial charge is 0.467 e. The van der Waals surface area contributed by atoms with Crippen molar-refractivity contribution in [3.8, 4) is 0 Å². The SMILES string of the molecule is COC(=O)C(O)CNC(=O)C1CCCN1C1CCNCC1. The molecule has 0 radical (unpaired) electrons.